The first kappa shape index (κ1) is 22.0. The number of benzene rings is 2. The Morgan fingerprint density at radius 1 is 1.03 bits per heavy atom. The maximum Gasteiger partial charge on any atom is 0.416 e. The second kappa shape index (κ2) is 8.99. The van der Waals surface area contributed by atoms with Crippen molar-refractivity contribution in [2.24, 2.45) is 0 Å². The Labute approximate surface area is 172 Å². The predicted octanol–water partition coefficient (Wildman–Crippen LogP) is 5.24. The molecular formula is C21H14F5NO4. The van der Waals surface area contributed by atoms with E-state index in [2.05, 4.69) is 10.1 Å². The molecule has 2 aromatic rings. The molecule has 0 aromatic heterocycles. The highest BCUT2D eigenvalue weighted by Crippen LogP contribution is 2.37. The van der Waals surface area contributed by atoms with Crippen molar-refractivity contribution >= 4 is 11.7 Å². The first-order valence-corrected chi connectivity index (χ1v) is 8.79. The number of hydrogen-bond donors (Lipinski definition) is 1. The first-order valence-electron chi connectivity index (χ1n) is 8.79. The fourth-order valence-corrected chi connectivity index (χ4v) is 2.68. The summed E-state index contributed by atoms with van der Waals surface area (Å²) in [4.78, 5) is 24.2. The van der Waals surface area contributed by atoms with Crippen LogP contribution >= 0.6 is 0 Å². The first-order chi connectivity index (χ1) is 14.6. The molecule has 1 aliphatic carbocycles. The van der Waals surface area contributed by atoms with Crippen molar-refractivity contribution in [1.29, 1.82) is 0 Å². The van der Waals surface area contributed by atoms with Crippen LogP contribution in [0.4, 0.5) is 22.0 Å². The van der Waals surface area contributed by atoms with Gasteiger partial charge in [0.25, 0.3) is 5.91 Å². The van der Waals surface area contributed by atoms with Crippen LogP contribution in [-0.2, 0) is 11.0 Å². The summed E-state index contributed by atoms with van der Waals surface area (Å²) >= 11 is 0. The molecule has 2 aromatic carbocycles. The predicted molar refractivity (Wildman–Crippen MR) is 98.9 cm³/mol. The van der Waals surface area contributed by atoms with Gasteiger partial charge in [0.15, 0.2) is 17.3 Å². The summed E-state index contributed by atoms with van der Waals surface area (Å²) in [5, 5.41) is 2.33. The van der Waals surface area contributed by atoms with E-state index in [1.807, 2.05) is 0 Å². The molecule has 0 atom stereocenters. The lowest BCUT2D eigenvalue weighted by atomic mass is 10.1. The van der Waals surface area contributed by atoms with Gasteiger partial charge in [-0.2, -0.15) is 22.0 Å². The number of hydrogen-bond acceptors (Lipinski definition) is 4. The van der Waals surface area contributed by atoms with Crippen LogP contribution in [0.1, 0.15) is 22.3 Å². The molecule has 0 bridgehead atoms. The fourth-order valence-electron chi connectivity index (χ4n) is 2.68. The van der Waals surface area contributed by atoms with E-state index in [-0.39, 0.29) is 35.1 Å². The third kappa shape index (κ3) is 5.68. The lowest BCUT2D eigenvalue weighted by molar-refractivity contribution is -0.137. The maximum atomic E-state index is 13.2. The Balaban J connectivity index is 1.98. The number of amides is 1. The molecule has 0 spiro atoms. The molecule has 31 heavy (non-hydrogen) atoms. The van der Waals surface area contributed by atoms with E-state index in [1.165, 1.54) is 36.4 Å². The van der Waals surface area contributed by atoms with Gasteiger partial charge in [-0.25, -0.2) is 0 Å². The quantitative estimate of drug-likeness (QED) is 0.626. The summed E-state index contributed by atoms with van der Waals surface area (Å²) in [6, 6.07) is 7.40. The summed E-state index contributed by atoms with van der Waals surface area (Å²) in [5.41, 5.74) is -1.55. The van der Waals surface area contributed by atoms with Crippen molar-refractivity contribution in [2.75, 3.05) is 0 Å². The number of ether oxygens (including phenoxy) is 2. The van der Waals surface area contributed by atoms with Gasteiger partial charge < -0.3 is 14.8 Å². The number of para-hydroxylation sites is 2. The zero-order chi connectivity index (χ0) is 22.6. The highest BCUT2D eigenvalue weighted by Gasteiger charge is 2.32. The Kier molecular flexibility index (Phi) is 6.38. The van der Waals surface area contributed by atoms with Gasteiger partial charge in [0.2, 0.25) is 0 Å². The Bertz CT molecular complexity index is 1060. The third-order valence-corrected chi connectivity index (χ3v) is 4.03. The molecule has 0 aliphatic heterocycles. The van der Waals surface area contributed by atoms with Crippen LogP contribution in [0.5, 0.6) is 17.2 Å². The van der Waals surface area contributed by atoms with Crippen molar-refractivity contribution in [2.45, 2.75) is 19.2 Å². The molecule has 1 N–H and O–H groups in total. The molecule has 1 aliphatic rings. The minimum Gasteiger partial charge on any atom is -0.453 e. The van der Waals surface area contributed by atoms with Crippen molar-refractivity contribution in [3.05, 3.63) is 77.5 Å². The number of carbonyl (C=O) groups is 2. The Morgan fingerprint density at radius 3 is 2.39 bits per heavy atom. The molecule has 0 heterocycles. The van der Waals surface area contributed by atoms with Crippen LogP contribution in [0.25, 0.3) is 0 Å². The van der Waals surface area contributed by atoms with Gasteiger partial charge in [0.05, 0.1) is 11.1 Å². The van der Waals surface area contributed by atoms with E-state index < -0.39 is 29.8 Å². The number of rotatable bonds is 6. The Morgan fingerprint density at radius 2 is 1.74 bits per heavy atom. The van der Waals surface area contributed by atoms with Gasteiger partial charge in [-0.3, -0.25) is 9.59 Å². The number of halogens is 5. The molecule has 0 radical (unpaired) electrons. The molecule has 3 rings (SSSR count). The highest BCUT2D eigenvalue weighted by atomic mass is 19.4. The van der Waals surface area contributed by atoms with E-state index in [0.717, 1.165) is 12.1 Å². The average Bonchev–Trinajstić information content (AvgIpc) is 2.68. The Hall–Kier alpha value is -3.69. The summed E-state index contributed by atoms with van der Waals surface area (Å²) in [7, 11) is 0. The number of nitrogens with one attached hydrogen (secondary N) is 1. The van der Waals surface area contributed by atoms with Crippen LogP contribution in [0.15, 0.2) is 66.4 Å². The van der Waals surface area contributed by atoms with Crippen molar-refractivity contribution in [3.63, 3.8) is 0 Å². The lowest BCUT2D eigenvalue weighted by Crippen LogP contribution is -2.24. The SMILES string of the molecule is O=C1C=C(NC(=O)c2cc(C(F)(F)F)ccc2Oc2ccccc2OC(F)F)C=CC1. The summed E-state index contributed by atoms with van der Waals surface area (Å²) in [5.74, 6) is -2.21. The van der Waals surface area contributed by atoms with Gasteiger partial charge in [-0.05, 0) is 36.4 Å². The highest BCUT2D eigenvalue weighted by molar-refractivity contribution is 6.00. The summed E-state index contributed by atoms with van der Waals surface area (Å²) in [6.45, 7) is -3.16. The average molecular weight is 439 g/mol. The normalized spacial score (nSPS) is 13.7. The van der Waals surface area contributed by atoms with Gasteiger partial charge >= 0.3 is 12.8 Å². The van der Waals surface area contributed by atoms with Crippen molar-refractivity contribution in [1.82, 2.24) is 5.32 Å². The minimum absolute atomic E-state index is 0.0889. The van der Waals surface area contributed by atoms with Crippen LogP contribution in [0, 0.1) is 0 Å². The molecule has 0 saturated heterocycles. The summed E-state index contributed by atoms with van der Waals surface area (Å²) in [6.07, 6.45) is -0.557. The van der Waals surface area contributed by atoms with Crippen molar-refractivity contribution in [3.8, 4) is 17.2 Å². The smallest absolute Gasteiger partial charge is 0.416 e. The summed E-state index contributed by atoms with van der Waals surface area (Å²) < 4.78 is 74.5. The van der Waals surface area contributed by atoms with Gasteiger partial charge in [-0.15, -0.1) is 0 Å². The number of carbonyl (C=O) groups excluding carboxylic acids is 2. The van der Waals surface area contributed by atoms with Crippen LogP contribution in [-0.4, -0.2) is 18.3 Å². The molecule has 5 nitrogen and oxygen atoms in total. The van der Waals surface area contributed by atoms with E-state index >= 15 is 0 Å². The van der Waals surface area contributed by atoms with Gasteiger partial charge in [-0.1, -0.05) is 18.2 Å². The van der Waals surface area contributed by atoms with Crippen LogP contribution < -0.4 is 14.8 Å². The monoisotopic (exact) mass is 439 g/mol. The number of ketones is 1. The van der Waals surface area contributed by atoms with Crippen LogP contribution in [0.3, 0.4) is 0 Å². The zero-order valence-corrected chi connectivity index (χ0v) is 15.6. The fraction of sp³-hybridized carbons (Fsp3) is 0.143. The number of alkyl halides is 5. The molecular weight excluding hydrogens is 425 g/mol. The topological polar surface area (TPSA) is 64.6 Å². The van der Waals surface area contributed by atoms with Crippen LogP contribution in [0.2, 0.25) is 0 Å². The van der Waals surface area contributed by atoms with E-state index in [1.54, 1.807) is 0 Å². The molecule has 1 amide bonds. The van der Waals surface area contributed by atoms with E-state index in [4.69, 9.17) is 4.74 Å². The zero-order valence-electron chi connectivity index (χ0n) is 15.6. The minimum atomic E-state index is -4.75. The van der Waals surface area contributed by atoms with Gasteiger partial charge in [0.1, 0.15) is 5.75 Å². The maximum absolute atomic E-state index is 13.2. The van der Waals surface area contributed by atoms with Gasteiger partial charge in [0, 0.05) is 18.2 Å². The van der Waals surface area contributed by atoms with E-state index in [0.29, 0.717) is 12.1 Å². The second-order valence-electron chi connectivity index (χ2n) is 6.26. The second-order valence-corrected chi connectivity index (χ2v) is 6.26. The third-order valence-electron chi connectivity index (χ3n) is 4.03. The van der Waals surface area contributed by atoms with Crippen molar-refractivity contribution < 1.29 is 41.0 Å². The molecule has 10 heteroatoms. The molecule has 162 valence electrons. The van der Waals surface area contributed by atoms with E-state index in [9.17, 15) is 31.5 Å². The lowest BCUT2D eigenvalue weighted by Gasteiger charge is -2.17. The molecule has 0 fully saturated rings. The standard InChI is InChI=1S/C21H14F5NO4/c22-20(23)31-18-7-2-1-6-17(18)30-16-9-8-12(21(24,25)26)10-15(16)19(29)27-13-4-3-5-14(28)11-13/h1-4,6-11,20H,5H2,(H,27,29). The molecule has 0 saturated carbocycles. The number of allylic oxidation sites excluding steroid dienone is 3. The largest absolute Gasteiger partial charge is 0.453 e. The molecule has 0 unspecified atom stereocenters.